The molecule has 3 atom stereocenters. The molecule has 184 valence electrons. The first-order chi connectivity index (χ1) is 16.3. The van der Waals surface area contributed by atoms with Crippen LogP contribution in [0.4, 0.5) is 0 Å². The fraction of sp³-hybridized carbons (Fsp3) is 0.480. The van der Waals surface area contributed by atoms with Crippen molar-refractivity contribution in [3.63, 3.8) is 0 Å². The predicted molar refractivity (Wildman–Crippen MR) is 127 cm³/mol. The number of nitrogens with zero attached hydrogens (tertiary/aromatic N) is 3. The van der Waals surface area contributed by atoms with Crippen molar-refractivity contribution in [2.75, 3.05) is 47.6 Å². The Bertz CT molecular complexity index is 1010. The van der Waals surface area contributed by atoms with Crippen LogP contribution in [0.3, 0.4) is 0 Å². The molecule has 9 nitrogen and oxygen atoms in total. The zero-order valence-corrected chi connectivity index (χ0v) is 20.4. The van der Waals surface area contributed by atoms with Crippen LogP contribution in [0.1, 0.15) is 24.2 Å². The van der Waals surface area contributed by atoms with Gasteiger partial charge in [0, 0.05) is 43.9 Å². The second kappa shape index (κ2) is 11.3. The Morgan fingerprint density at radius 2 is 2.06 bits per heavy atom. The minimum absolute atomic E-state index is 0.0269. The number of methoxy groups -OCH3 is 2. The standard InChI is InChI=1S/C25H33N3O6/c1-16-12-28(17(2)14-29)25(31)20-10-18(19-8-6-7-9-21(19)33-5)11-26-24(20)34-22(16)13-27(3)23(30)15-32-4/h6-11,16-17,22,29H,12-15H2,1-5H3/t16-,17-,22-/m1/s1. The van der Waals surface area contributed by atoms with E-state index in [9.17, 15) is 14.7 Å². The second-order valence-electron chi connectivity index (χ2n) is 8.61. The molecule has 1 N–H and O–H groups in total. The van der Waals surface area contributed by atoms with E-state index >= 15 is 0 Å². The maximum absolute atomic E-state index is 13.6. The Labute approximate surface area is 200 Å². The number of carbonyl (C=O) groups is 2. The molecule has 0 aliphatic carbocycles. The number of aromatic nitrogens is 1. The first kappa shape index (κ1) is 25.5. The lowest BCUT2D eigenvalue weighted by molar-refractivity contribution is -0.135. The van der Waals surface area contributed by atoms with Gasteiger partial charge in [0.25, 0.3) is 5.91 Å². The van der Waals surface area contributed by atoms with Gasteiger partial charge in [0.2, 0.25) is 11.8 Å². The summed E-state index contributed by atoms with van der Waals surface area (Å²) in [7, 11) is 4.75. The quantitative estimate of drug-likeness (QED) is 0.629. The summed E-state index contributed by atoms with van der Waals surface area (Å²) >= 11 is 0. The first-order valence-corrected chi connectivity index (χ1v) is 11.3. The zero-order valence-electron chi connectivity index (χ0n) is 20.4. The molecule has 2 heterocycles. The average molecular weight is 472 g/mol. The van der Waals surface area contributed by atoms with Crippen molar-refractivity contribution >= 4 is 11.8 Å². The molecule has 1 aromatic carbocycles. The van der Waals surface area contributed by atoms with Gasteiger partial charge in [-0.15, -0.1) is 0 Å². The minimum Gasteiger partial charge on any atom is -0.496 e. The van der Waals surface area contributed by atoms with E-state index in [1.165, 1.54) is 7.11 Å². The lowest BCUT2D eigenvalue weighted by atomic mass is 9.99. The van der Waals surface area contributed by atoms with Gasteiger partial charge >= 0.3 is 0 Å². The summed E-state index contributed by atoms with van der Waals surface area (Å²) in [6, 6.07) is 8.84. The van der Waals surface area contributed by atoms with Gasteiger partial charge in [-0.25, -0.2) is 4.98 Å². The molecule has 0 fully saturated rings. The number of hydrogen-bond acceptors (Lipinski definition) is 7. The number of rotatable bonds is 8. The van der Waals surface area contributed by atoms with Crippen LogP contribution in [0.25, 0.3) is 11.1 Å². The number of aliphatic hydroxyl groups is 1. The molecular weight excluding hydrogens is 438 g/mol. The Hall–Kier alpha value is -3.17. The number of para-hydroxylation sites is 1. The summed E-state index contributed by atoms with van der Waals surface area (Å²) in [5.74, 6) is 0.294. The van der Waals surface area contributed by atoms with Gasteiger partial charge in [-0.05, 0) is 19.1 Å². The molecule has 1 aliphatic heterocycles. The summed E-state index contributed by atoms with van der Waals surface area (Å²) < 4.78 is 16.7. The molecule has 1 aromatic heterocycles. The van der Waals surface area contributed by atoms with Gasteiger partial charge in [-0.3, -0.25) is 9.59 Å². The third kappa shape index (κ3) is 5.48. The van der Waals surface area contributed by atoms with Crippen molar-refractivity contribution in [2.45, 2.75) is 26.0 Å². The topological polar surface area (TPSA) is 101 Å². The maximum atomic E-state index is 13.6. The zero-order chi connectivity index (χ0) is 24.8. The normalized spacial score (nSPS) is 18.9. The Morgan fingerprint density at radius 1 is 1.32 bits per heavy atom. The van der Waals surface area contributed by atoms with E-state index in [-0.39, 0.29) is 36.8 Å². The van der Waals surface area contributed by atoms with Crippen LogP contribution in [0.15, 0.2) is 36.5 Å². The fourth-order valence-corrected chi connectivity index (χ4v) is 3.96. The molecule has 3 rings (SSSR count). The second-order valence-corrected chi connectivity index (χ2v) is 8.61. The summed E-state index contributed by atoms with van der Waals surface area (Å²) in [6.07, 6.45) is 1.23. The van der Waals surface area contributed by atoms with Crippen molar-refractivity contribution in [1.82, 2.24) is 14.8 Å². The van der Waals surface area contributed by atoms with Gasteiger partial charge in [-0.2, -0.15) is 0 Å². The van der Waals surface area contributed by atoms with Crippen molar-refractivity contribution in [2.24, 2.45) is 5.92 Å². The summed E-state index contributed by atoms with van der Waals surface area (Å²) in [5.41, 5.74) is 1.81. The van der Waals surface area contributed by atoms with Crippen LogP contribution in [-0.4, -0.2) is 91.4 Å². The molecule has 0 spiro atoms. The molecule has 2 amide bonds. The van der Waals surface area contributed by atoms with E-state index in [1.54, 1.807) is 43.1 Å². The van der Waals surface area contributed by atoms with Gasteiger partial charge in [0.05, 0.1) is 26.3 Å². The molecule has 2 aromatic rings. The average Bonchev–Trinajstić information content (AvgIpc) is 2.85. The maximum Gasteiger partial charge on any atom is 0.259 e. The van der Waals surface area contributed by atoms with Crippen molar-refractivity contribution in [3.8, 4) is 22.8 Å². The Morgan fingerprint density at radius 3 is 2.74 bits per heavy atom. The minimum atomic E-state index is -0.421. The number of benzene rings is 1. The third-order valence-corrected chi connectivity index (χ3v) is 6.09. The van der Waals surface area contributed by atoms with E-state index in [4.69, 9.17) is 14.2 Å². The van der Waals surface area contributed by atoms with Crippen LogP contribution < -0.4 is 9.47 Å². The van der Waals surface area contributed by atoms with Crippen LogP contribution in [0.5, 0.6) is 11.6 Å². The molecular formula is C25H33N3O6. The highest BCUT2D eigenvalue weighted by Crippen LogP contribution is 2.34. The first-order valence-electron chi connectivity index (χ1n) is 11.3. The highest BCUT2D eigenvalue weighted by Gasteiger charge is 2.34. The van der Waals surface area contributed by atoms with Gasteiger partial charge in [-0.1, -0.05) is 25.1 Å². The largest absolute Gasteiger partial charge is 0.496 e. The number of carbonyl (C=O) groups excluding carboxylic acids is 2. The molecule has 0 unspecified atom stereocenters. The fourth-order valence-electron chi connectivity index (χ4n) is 3.96. The lowest BCUT2D eigenvalue weighted by Gasteiger charge is -2.37. The number of amides is 2. The van der Waals surface area contributed by atoms with Crippen LogP contribution >= 0.6 is 0 Å². The Balaban J connectivity index is 2.04. The summed E-state index contributed by atoms with van der Waals surface area (Å²) in [5, 5.41) is 9.82. The van der Waals surface area contributed by atoms with Gasteiger partial charge in [0.15, 0.2) is 0 Å². The van der Waals surface area contributed by atoms with Crippen LogP contribution in [0.2, 0.25) is 0 Å². The smallest absolute Gasteiger partial charge is 0.259 e. The number of likely N-dealkylation sites (N-methyl/N-ethyl adjacent to an activating group) is 1. The predicted octanol–water partition coefficient (Wildman–Crippen LogP) is 2.08. The highest BCUT2D eigenvalue weighted by molar-refractivity contribution is 5.98. The summed E-state index contributed by atoms with van der Waals surface area (Å²) in [4.78, 5) is 33.5. The molecule has 34 heavy (non-hydrogen) atoms. The van der Waals surface area contributed by atoms with Crippen molar-refractivity contribution in [1.29, 1.82) is 0 Å². The van der Waals surface area contributed by atoms with E-state index < -0.39 is 12.1 Å². The van der Waals surface area contributed by atoms with E-state index in [1.807, 2.05) is 31.2 Å². The molecule has 9 heteroatoms. The molecule has 1 aliphatic rings. The van der Waals surface area contributed by atoms with Crippen molar-refractivity contribution in [3.05, 3.63) is 42.1 Å². The van der Waals surface area contributed by atoms with E-state index in [2.05, 4.69) is 4.98 Å². The molecule has 0 bridgehead atoms. The number of aliphatic hydroxyl groups excluding tert-OH is 1. The number of ether oxygens (including phenoxy) is 3. The monoisotopic (exact) mass is 471 g/mol. The molecule has 0 saturated carbocycles. The highest BCUT2D eigenvalue weighted by atomic mass is 16.5. The number of pyridine rings is 1. The number of fused-ring (bicyclic) bond motifs is 1. The SMILES string of the molecule is COCC(=O)N(C)C[C@H]1Oc2ncc(-c3ccccc3OC)cc2C(=O)N([C@H](C)CO)C[C@H]1C. The van der Waals surface area contributed by atoms with Crippen LogP contribution in [0, 0.1) is 5.92 Å². The van der Waals surface area contributed by atoms with Crippen LogP contribution in [-0.2, 0) is 9.53 Å². The Kier molecular flexibility index (Phi) is 8.46. The van der Waals surface area contributed by atoms with E-state index in [0.29, 0.717) is 30.0 Å². The van der Waals surface area contributed by atoms with E-state index in [0.717, 1.165) is 5.56 Å². The number of hydrogen-bond donors (Lipinski definition) is 1. The lowest BCUT2D eigenvalue weighted by Crippen LogP contribution is -2.50. The van der Waals surface area contributed by atoms with Crippen molar-refractivity contribution < 1.29 is 28.9 Å². The summed E-state index contributed by atoms with van der Waals surface area (Å²) in [6.45, 7) is 4.21. The van der Waals surface area contributed by atoms with Gasteiger partial charge < -0.3 is 29.1 Å². The van der Waals surface area contributed by atoms with Gasteiger partial charge in [0.1, 0.15) is 24.0 Å². The molecule has 0 radical (unpaired) electrons. The molecule has 0 saturated heterocycles. The third-order valence-electron chi connectivity index (χ3n) is 6.09.